The van der Waals surface area contributed by atoms with E-state index in [-0.39, 0.29) is 0 Å². The standard InChI is InChI=1S/C8H16N4S2/c1-12(3-4-13-2)6-7-5-10-8(11-9)14-7/h5H,3-4,6,9H2,1-2H3,(H,10,11). The number of nitrogens with one attached hydrogen (secondary N) is 1. The van der Waals surface area contributed by atoms with E-state index in [1.807, 2.05) is 18.0 Å². The molecule has 0 aromatic carbocycles. The molecule has 1 rings (SSSR count). The van der Waals surface area contributed by atoms with Gasteiger partial charge in [0, 0.05) is 29.9 Å². The van der Waals surface area contributed by atoms with Crippen molar-refractivity contribution in [3.05, 3.63) is 11.1 Å². The number of nitrogens with two attached hydrogens (primary N) is 1. The Hall–Kier alpha value is -0.300. The molecule has 0 atom stereocenters. The Morgan fingerprint density at radius 2 is 2.50 bits per heavy atom. The van der Waals surface area contributed by atoms with Crippen LogP contribution in [0, 0.1) is 0 Å². The highest BCUT2D eigenvalue weighted by Crippen LogP contribution is 2.17. The molecule has 3 N–H and O–H groups in total. The van der Waals surface area contributed by atoms with Crippen LogP contribution < -0.4 is 11.3 Å². The normalized spacial score (nSPS) is 10.9. The molecule has 0 saturated carbocycles. The lowest BCUT2D eigenvalue weighted by Gasteiger charge is -2.13. The highest BCUT2D eigenvalue weighted by molar-refractivity contribution is 7.98. The minimum atomic E-state index is 0.776. The molecule has 0 aliphatic heterocycles. The Morgan fingerprint density at radius 1 is 1.71 bits per heavy atom. The number of thiazole rings is 1. The highest BCUT2D eigenvalue weighted by atomic mass is 32.2. The van der Waals surface area contributed by atoms with Crippen molar-refractivity contribution in [2.24, 2.45) is 5.84 Å². The predicted molar refractivity (Wildman–Crippen MR) is 64.6 cm³/mol. The average molecular weight is 232 g/mol. The predicted octanol–water partition coefficient (Wildman–Crippen LogP) is 1.22. The van der Waals surface area contributed by atoms with Gasteiger partial charge in [0.25, 0.3) is 0 Å². The minimum absolute atomic E-state index is 0.776. The van der Waals surface area contributed by atoms with Crippen molar-refractivity contribution < 1.29 is 0 Å². The molecule has 0 saturated heterocycles. The second-order valence-electron chi connectivity index (χ2n) is 3.01. The van der Waals surface area contributed by atoms with Gasteiger partial charge in [0.15, 0.2) is 5.13 Å². The van der Waals surface area contributed by atoms with Gasteiger partial charge in [-0.3, -0.25) is 5.43 Å². The van der Waals surface area contributed by atoms with Crippen molar-refractivity contribution in [1.29, 1.82) is 0 Å². The van der Waals surface area contributed by atoms with Crippen molar-refractivity contribution in [1.82, 2.24) is 9.88 Å². The smallest absolute Gasteiger partial charge is 0.197 e. The summed E-state index contributed by atoms with van der Waals surface area (Å²) >= 11 is 3.46. The number of hydrazine groups is 1. The summed E-state index contributed by atoms with van der Waals surface area (Å²) in [6, 6.07) is 0. The molecular formula is C8H16N4S2. The first-order valence-corrected chi connectivity index (χ1v) is 6.56. The summed E-state index contributed by atoms with van der Waals surface area (Å²) in [5.41, 5.74) is 2.55. The van der Waals surface area contributed by atoms with Gasteiger partial charge in [0.2, 0.25) is 0 Å². The van der Waals surface area contributed by atoms with Gasteiger partial charge in [-0.1, -0.05) is 11.3 Å². The lowest BCUT2D eigenvalue weighted by Crippen LogP contribution is -2.19. The van der Waals surface area contributed by atoms with Gasteiger partial charge < -0.3 is 4.90 Å². The zero-order valence-corrected chi connectivity index (χ0v) is 10.1. The number of nitrogens with zero attached hydrogens (tertiary/aromatic N) is 2. The fourth-order valence-electron chi connectivity index (χ4n) is 1.04. The van der Waals surface area contributed by atoms with Crippen molar-refractivity contribution in [3.63, 3.8) is 0 Å². The summed E-state index contributed by atoms with van der Waals surface area (Å²) in [6.45, 7) is 2.05. The third-order valence-electron chi connectivity index (χ3n) is 1.78. The number of nitrogen functional groups attached to an aromatic ring is 1. The van der Waals surface area contributed by atoms with Crippen LogP contribution >= 0.6 is 23.1 Å². The first-order valence-electron chi connectivity index (χ1n) is 4.35. The molecule has 1 aromatic heterocycles. The molecule has 4 nitrogen and oxygen atoms in total. The summed E-state index contributed by atoms with van der Waals surface area (Å²) in [6.07, 6.45) is 3.99. The van der Waals surface area contributed by atoms with Crippen LogP contribution in [0.3, 0.4) is 0 Å². The second kappa shape index (κ2) is 6.23. The number of aromatic nitrogens is 1. The van der Waals surface area contributed by atoms with E-state index >= 15 is 0 Å². The van der Waals surface area contributed by atoms with Crippen molar-refractivity contribution in [3.8, 4) is 0 Å². The maximum absolute atomic E-state index is 5.26. The quantitative estimate of drug-likeness (QED) is 0.570. The van der Waals surface area contributed by atoms with E-state index in [9.17, 15) is 0 Å². The number of hydrogen-bond acceptors (Lipinski definition) is 6. The molecular weight excluding hydrogens is 216 g/mol. The third kappa shape index (κ3) is 3.83. The second-order valence-corrected chi connectivity index (χ2v) is 5.11. The lowest BCUT2D eigenvalue weighted by molar-refractivity contribution is 0.352. The largest absolute Gasteiger partial charge is 0.300 e. The van der Waals surface area contributed by atoms with Crippen LogP contribution in [0.5, 0.6) is 0 Å². The Bertz CT molecular complexity index is 264. The molecule has 1 aromatic rings. The van der Waals surface area contributed by atoms with Gasteiger partial charge in [-0.25, -0.2) is 10.8 Å². The Labute approximate surface area is 92.9 Å². The van der Waals surface area contributed by atoms with Gasteiger partial charge in [-0.2, -0.15) is 11.8 Å². The van der Waals surface area contributed by atoms with Crippen LogP contribution in [0.2, 0.25) is 0 Å². The Morgan fingerprint density at radius 3 is 3.07 bits per heavy atom. The monoisotopic (exact) mass is 232 g/mol. The molecule has 0 amide bonds. The topological polar surface area (TPSA) is 54.2 Å². The molecule has 0 fully saturated rings. The van der Waals surface area contributed by atoms with Gasteiger partial charge in [0.1, 0.15) is 0 Å². The molecule has 6 heteroatoms. The number of hydrogen-bond donors (Lipinski definition) is 2. The van der Waals surface area contributed by atoms with E-state index in [0.717, 1.165) is 24.0 Å². The van der Waals surface area contributed by atoms with Crippen LogP contribution in [0.25, 0.3) is 0 Å². The van der Waals surface area contributed by atoms with Crippen molar-refractivity contribution in [2.75, 3.05) is 31.0 Å². The Balaban J connectivity index is 2.35. The minimum Gasteiger partial charge on any atom is -0.300 e. The summed E-state index contributed by atoms with van der Waals surface area (Å²) < 4.78 is 0. The first-order chi connectivity index (χ1) is 6.76. The van der Waals surface area contributed by atoms with E-state index in [2.05, 4.69) is 28.6 Å². The van der Waals surface area contributed by atoms with Gasteiger partial charge >= 0.3 is 0 Å². The number of anilines is 1. The van der Waals surface area contributed by atoms with Crippen molar-refractivity contribution in [2.45, 2.75) is 6.54 Å². The maximum Gasteiger partial charge on any atom is 0.197 e. The van der Waals surface area contributed by atoms with Crippen LogP contribution in [0.4, 0.5) is 5.13 Å². The van der Waals surface area contributed by atoms with E-state index < -0.39 is 0 Å². The lowest BCUT2D eigenvalue weighted by atomic mass is 10.5. The fraction of sp³-hybridized carbons (Fsp3) is 0.625. The van der Waals surface area contributed by atoms with Gasteiger partial charge in [-0.05, 0) is 13.3 Å². The van der Waals surface area contributed by atoms with Crippen LogP contribution in [-0.2, 0) is 6.54 Å². The molecule has 0 aliphatic rings. The number of rotatable bonds is 6. The maximum atomic E-state index is 5.26. The zero-order valence-electron chi connectivity index (χ0n) is 8.49. The van der Waals surface area contributed by atoms with Gasteiger partial charge in [0.05, 0.1) is 0 Å². The molecule has 14 heavy (non-hydrogen) atoms. The van der Waals surface area contributed by atoms with Gasteiger partial charge in [-0.15, -0.1) is 0 Å². The molecule has 0 bridgehead atoms. The highest BCUT2D eigenvalue weighted by Gasteiger charge is 2.03. The van der Waals surface area contributed by atoms with E-state index in [4.69, 9.17) is 5.84 Å². The fourth-order valence-corrected chi connectivity index (χ4v) is 2.34. The third-order valence-corrected chi connectivity index (χ3v) is 3.28. The summed E-state index contributed by atoms with van der Waals surface area (Å²) in [4.78, 5) is 7.64. The summed E-state index contributed by atoms with van der Waals surface area (Å²) in [5.74, 6) is 6.42. The van der Waals surface area contributed by atoms with Crippen LogP contribution in [0.15, 0.2) is 6.20 Å². The summed E-state index contributed by atoms with van der Waals surface area (Å²) in [7, 11) is 2.12. The zero-order chi connectivity index (χ0) is 10.4. The van der Waals surface area contributed by atoms with E-state index in [0.29, 0.717) is 0 Å². The molecule has 0 aliphatic carbocycles. The van der Waals surface area contributed by atoms with Crippen LogP contribution in [0.1, 0.15) is 4.88 Å². The molecule has 0 radical (unpaired) electrons. The summed E-state index contributed by atoms with van der Waals surface area (Å²) in [5, 5.41) is 0.776. The number of thioether (sulfide) groups is 1. The molecule has 80 valence electrons. The SMILES string of the molecule is CSCCN(C)Cc1cnc(NN)s1. The molecule has 0 spiro atoms. The first kappa shape index (κ1) is 11.8. The molecule has 0 unspecified atom stereocenters. The van der Waals surface area contributed by atoms with Crippen LogP contribution in [-0.4, -0.2) is 35.5 Å². The van der Waals surface area contributed by atoms with E-state index in [1.54, 1.807) is 11.3 Å². The average Bonchev–Trinajstić information content (AvgIpc) is 2.62. The van der Waals surface area contributed by atoms with E-state index in [1.165, 1.54) is 4.88 Å². The van der Waals surface area contributed by atoms with Crippen molar-refractivity contribution >= 4 is 28.2 Å². The Kier molecular flexibility index (Phi) is 5.24. The molecule has 1 heterocycles.